The summed E-state index contributed by atoms with van der Waals surface area (Å²) in [6, 6.07) is 16.1. The molecule has 0 bridgehead atoms. The average molecular weight is 310 g/mol. The minimum atomic E-state index is -2.51. The number of aryl methyl sites for hydroxylation is 2. The molecule has 0 atom stereocenters. The van der Waals surface area contributed by atoms with Crippen LogP contribution in [0.2, 0.25) is 0 Å². The van der Waals surface area contributed by atoms with Gasteiger partial charge in [0, 0.05) is 22.8 Å². The highest BCUT2D eigenvalue weighted by Crippen LogP contribution is 2.53. The van der Waals surface area contributed by atoms with Gasteiger partial charge in [0.05, 0.1) is 0 Å². The Morgan fingerprint density at radius 2 is 1.27 bits per heavy atom. The Bertz CT molecular complexity index is 765. The molecule has 3 rings (SSSR count). The zero-order valence-corrected chi connectivity index (χ0v) is 13.9. The molecule has 0 saturated carbocycles. The van der Waals surface area contributed by atoms with Gasteiger partial charge in [0.2, 0.25) is 0 Å². The number of rotatable bonds is 2. The Kier molecular flexibility index (Phi) is 3.80. The standard InChI is InChI=1S/C19H19O2P/c1-14-6-4-8-16(10-14)18-12-22(3,20)13-19(21-18)17-9-5-7-15(2)11-17/h4-13H,1-3H3. The van der Waals surface area contributed by atoms with E-state index in [1.807, 2.05) is 62.4 Å². The second-order valence-corrected chi connectivity index (χ2v) is 8.52. The van der Waals surface area contributed by atoms with Crippen LogP contribution in [0, 0.1) is 13.8 Å². The third-order valence-electron chi connectivity index (χ3n) is 3.57. The first-order valence-corrected chi connectivity index (χ1v) is 9.57. The topological polar surface area (TPSA) is 26.3 Å². The van der Waals surface area contributed by atoms with E-state index >= 15 is 0 Å². The van der Waals surface area contributed by atoms with E-state index in [4.69, 9.17) is 4.74 Å². The first-order valence-electron chi connectivity index (χ1n) is 7.27. The molecule has 0 N–H and O–H groups in total. The minimum absolute atomic E-state index is 0.675. The van der Waals surface area contributed by atoms with Crippen LogP contribution in [0.15, 0.2) is 60.2 Å². The molecule has 0 saturated heterocycles. The van der Waals surface area contributed by atoms with Crippen molar-refractivity contribution in [2.24, 2.45) is 0 Å². The molecule has 22 heavy (non-hydrogen) atoms. The van der Waals surface area contributed by atoms with Crippen molar-refractivity contribution in [3.05, 3.63) is 82.4 Å². The van der Waals surface area contributed by atoms with E-state index in [1.54, 1.807) is 18.3 Å². The molecule has 0 radical (unpaired) electrons. The van der Waals surface area contributed by atoms with Crippen molar-refractivity contribution in [1.82, 2.24) is 0 Å². The van der Waals surface area contributed by atoms with Gasteiger partial charge in [-0.25, -0.2) is 0 Å². The first kappa shape index (κ1) is 14.9. The summed E-state index contributed by atoms with van der Waals surface area (Å²) < 4.78 is 18.8. The highest BCUT2D eigenvalue weighted by Gasteiger charge is 2.22. The first-order chi connectivity index (χ1) is 10.4. The van der Waals surface area contributed by atoms with Crippen molar-refractivity contribution < 1.29 is 9.30 Å². The van der Waals surface area contributed by atoms with Gasteiger partial charge in [-0.05, 0) is 32.6 Å². The van der Waals surface area contributed by atoms with E-state index in [9.17, 15) is 4.57 Å². The van der Waals surface area contributed by atoms with E-state index in [-0.39, 0.29) is 0 Å². The fourth-order valence-corrected chi connectivity index (χ4v) is 3.95. The summed E-state index contributed by atoms with van der Waals surface area (Å²) in [6.07, 6.45) is 0. The molecule has 0 aliphatic carbocycles. The van der Waals surface area contributed by atoms with Crippen molar-refractivity contribution in [3.8, 4) is 0 Å². The Balaban J connectivity index is 2.03. The van der Waals surface area contributed by atoms with Crippen LogP contribution >= 0.6 is 7.14 Å². The lowest BCUT2D eigenvalue weighted by molar-refractivity contribution is 0.469. The Morgan fingerprint density at radius 3 is 1.68 bits per heavy atom. The number of benzene rings is 2. The van der Waals surface area contributed by atoms with E-state index < -0.39 is 7.14 Å². The maximum Gasteiger partial charge on any atom is 0.138 e. The molecule has 1 aliphatic rings. The maximum atomic E-state index is 12.7. The minimum Gasteiger partial charge on any atom is -0.456 e. The van der Waals surface area contributed by atoms with Crippen LogP contribution in [0.1, 0.15) is 22.3 Å². The highest BCUT2D eigenvalue weighted by molar-refractivity contribution is 7.69. The smallest absolute Gasteiger partial charge is 0.138 e. The summed E-state index contributed by atoms with van der Waals surface area (Å²) >= 11 is 0. The molecule has 0 unspecified atom stereocenters. The van der Waals surface area contributed by atoms with Crippen LogP contribution < -0.4 is 0 Å². The van der Waals surface area contributed by atoms with Crippen molar-refractivity contribution in [1.29, 1.82) is 0 Å². The van der Waals surface area contributed by atoms with Crippen LogP contribution in [0.5, 0.6) is 0 Å². The fourth-order valence-electron chi connectivity index (χ4n) is 2.54. The third kappa shape index (κ3) is 3.23. The summed E-state index contributed by atoms with van der Waals surface area (Å²) in [5.74, 6) is 4.85. The number of hydrogen-bond donors (Lipinski definition) is 0. The molecule has 0 amide bonds. The molecule has 0 fully saturated rings. The van der Waals surface area contributed by atoms with E-state index in [0.717, 1.165) is 22.3 Å². The number of hydrogen-bond acceptors (Lipinski definition) is 2. The molecule has 2 aromatic carbocycles. The predicted octanol–water partition coefficient (Wildman–Crippen LogP) is 5.62. The maximum absolute atomic E-state index is 12.7. The van der Waals surface area contributed by atoms with Crippen LogP contribution in [-0.4, -0.2) is 6.66 Å². The largest absolute Gasteiger partial charge is 0.456 e. The molecule has 112 valence electrons. The normalized spacial score (nSPS) is 16.5. The fraction of sp³-hybridized carbons (Fsp3) is 0.158. The summed E-state index contributed by atoms with van der Waals surface area (Å²) in [4.78, 5) is 0. The molecular formula is C19H19O2P. The Morgan fingerprint density at radius 1 is 0.818 bits per heavy atom. The van der Waals surface area contributed by atoms with Crippen molar-refractivity contribution in [2.75, 3.05) is 6.66 Å². The van der Waals surface area contributed by atoms with Crippen molar-refractivity contribution in [3.63, 3.8) is 0 Å². The van der Waals surface area contributed by atoms with E-state index in [0.29, 0.717) is 11.5 Å². The zero-order valence-electron chi connectivity index (χ0n) is 13.0. The second-order valence-electron chi connectivity index (χ2n) is 5.89. The van der Waals surface area contributed by atoms with Gasteiger partial charge in [0.25, 0.3) is 0 Å². The quantitative estimate of drug-likeness (QED) is 0.673. The number of ether oxygens (including phenoxy) is 1. The van der Waals surface area contributed by atoms with E-state index in [1.165, 1.54) is 0 Å². The van der Waals surface area contributed by atoms with Gasteiger partial charge in [0.15, 0.2) is 0 Å². The van der Waals surface area contributed by atoms with Crippen molar-refractivity contribution >= 4 is 18.7 Å². The van der Waals surface area contributed by atoms with Gasteiger partial charge >= 0.3 is 0 Å². The molecule has 2 nitrogen and oxygen atoms in total. The van der Waals surface area contributed by atoms with E-state index in [2.05, 4.69) is 0 Å². The molecule has 0 aromatic heterocycles. The summed E-state index contributed by atoms with van der Waals surface area (Å²) in [6.45, 7) is 5.84. The zero-order chi connectivity index (χ0) is 15.7. The van der Waals surface area contributed by atoms with Crippen LogP contribution in [0.4, 0.5) is 0 Å². The van der Waals surface area contributed by atoms with Gasteiger partial charge in [-0.2, -0.15) is 0 Å². The van der Waals surface area contributed by atoms with Gasteiger partial charge in [-0.15, -0.1) is 0 Å². The molecule has 1 heterocycles. The monoisotopic (exact) mass is 310 g/mol. The van der Waals surface area contributed by atoms with Crippen molar-refractivity contribution in [2.45, 2.75) is 13.8 Å². The summed E-state index contributed by atoms with van der Waals surface area (Å²) in [5.41, 5.74) is 4.22. The lowest BCUT2D eigenvalue weighted by Crippen LogP contribution is -1.99. The van der Waals surface area contributed by atoms with Crippen LogP contribution in [-0.2, 0) is 9.30 Å². The Hall–Kier alpha value is -2.05. The lowest BCUT2D eigenvalue weighted by Gasteiger charge is -2.21. The van der Waals surface area contributed by atoms with Crippen LogP contribution in [0.3, 0.4) is 0 Å². The average Bonchev–Trinajstić information content (AvgIpc) is 2.45. The summed E-state index contributed by atoms with van der Waals surface area (Å²) in [7, 11) is -2.51. The van der Waals surface area contributed by atoms with Gasteiger partial charge in [0.1, 0.15) is 18.7 Å². The van der Waals surface area contributed by atoms with Gasteiger partial charge < -0.3 is 9.30 Å². The molecule has 2 aromatic rings. The summed E-state index contributed by atoms with van der Waals surface area (Å²) in [5, 5.41) is 0. The second kappa shape index (κ2) is 5.62. The predicted molar refractivity (Wildman–Crippen MR) is 92.9 cm³/mol. The van der Waals surface area contributed by atoms with Crippen LogP contribution in [0.25, 0.3) is 11.5 Å². The lowest BCUT2D eigenvalue weighted by atomic mass is 10.1. The molecule has 1 aliphatic heterocycles. The molecular weight excluding hydrogens is 291 g/mol. The van der Waals surface area contributed by atoms with Gasteiger partial charge in [-0.3, -0.25) is 0 Å². The highest BCUT2D eigenvalue weighted by atomic mass is 31.2. The molecule has 0 spiro atoms. The Labute approximate surface area is 131 Å². The van der Waals surface area contributed by atoms with Gasteiger partial charge in [-0.1, -0.05) is 47.5 Å². The molecule has 3 heteroatoms. The SMILES string of the molecule is Cc1cccc(C2=CP(C)(=O)C=C(c3cccc(C)c3)O2)c1. The third-order valence-corrected chi connectivity index (χ3v) is 5.07.